The summed E-state index contributed by atoms with van der Waals surface area (Å²) in [5.74, 6) is 3.64. The Kier molecular flexibility index (Phi) is 3.51. The van der Waals surface area contributed by atoms with Crippen molar-refractivity contribution >= 4 is 5.78 Å². The van der Waals surface area contributed by atoms with Crippen LogP contribution in [0.25, 0.3) is 0 Å². The van der Waals surface area contributed by atoms with Gasteiger partial charge in [-0.25, -0.2) is 0 Å². The van der Waals surface area contributed by atoms with Crippen LogP contribution >= 0.6 is 0 Å². The SMILES string of the molecule is Cc1cc(C(=O)C2CCC3CCCCC3C2)oc1C. The molecule has 1 aromatic rings. The fraction of sp³-hybridized carbons (Fsp3) is 0.706. The van der Waals surface area contributed by atoms with Crippen molar-refractivity contribution in [3.05, 3.63) is 23.2 Å². The maximum absolute atomic E-state index is 12.5. The predicted octanol–water partition coefficient (Wildman–Crippen LogP) is 4.69. The van der Waals surface area contributed by atoms with Gasteiger partial charge in [-0.3, -0.25) is 4.79 Å². The molecule has 2 saturated carbocycles. The van der Waals surface area contributed by atoms with E-state index in [1.54, 1.807) is 0 Å². The van der Waals surface area contributed by atoms with Crippen molar-refractivity contribution < 1.29 is 9.21 Å². The summed E-state index contributed by atoms with van der Waals surface area (Å²) in [6.45, 7) is 3.94. The molecule has 2 aliphatic carbocycles. The van der Waals surface area contributed by atoms with E-state index in [-0.39, 0.29) is 11.7 Å². The highest BCUT2D eigenvalue weighted by atomic mass is 16.3. The van der Waals surface area contributed by atoms with Gasteiger partial charge in [0, 0.05) is 5.92 Å². The van der Waals surface area contributed by atoms with Crippen molar-refractivity contribution in [3.63, 3.8) is 0 Å². The van der Waals surface area contributed by atoms with E-state index in [0.717, 1.165) is 36.0 Å². The van der Waals surface area contributed by atoms with Crippen molar-refractivity contribution in [2.24, 2.45) is 17.8 Å². The van der Waals surface area contributed by atoms with Gasteiger partial charge < -0.3 is 4.42 Å². The maximum atomic E-state index is 12.5. The summed E-state index contributed by atoms with van der Waals surface area (Å²) in [7, 11) is 0. The molecular formula is C17H24O2. The van der Waals surface area contributed by atoms with Crippen molar-refractivity contribution in [1.82, 2.24) is 0 Å². The molecule has 0 radical (unpaired) electrons. The van der Waals surface area contributed by atoms with E-state index in [9.17, 15) is 4.79 Å². The largest absolute Gasteiger partial charge is 0.458 e. The average molecular weight is 260 g/mol. The van der Waals surface area contributed by atoms with E-state index >= 15 is 0 Å². The van der Waals surface area contributed by atoms with Gasteiger partial charge in [-0.15, -0.1) is 0 Å². The zero-order chi connectivity index (χ0) is 13.4. The van der Waals surface area contributed by atoms with Crippen molar-refractivity contribution in [2.45, 2.75) is 58.8 Å². The second-order valence-corrected chi connectivity index (χ2v) is 6.53. The van der Waals surface area contributed by atoms with Gasteiger partial charge in [0.2, 0.25) is 5.78 Å². The number of carbonyl (C=O) groups excluding carboxylic acids is 1. The summed E-state index contributed by atoms with van der Waals surface area (Å²) in [5.41, 5.74) is 1.09. The summed E-state index contributed by atoms with van der Waals surface area (Å²) < 4.78 is 5.62. The molecule has 2 heteroatoms. The Morgan fingerprint density at radius 2 is 1.84 bits per heavy atom. The van der Waals surface area contributed by atoms with Gasteiger partial charge in [-0.1, -0.05) is 25.7 Å². The molecule has 2 aliphatic rings. The van der Waals surface area contributed by atoms with Gasteiger partial charge in [-0.05, 0) is 56.6 Å². The number of ketones is 1. The van der Waals surface area contributed by atoms with E-state index in [2.05, 4.69) is 0 Å². The number of Topliss-reactive ketones (excluding diaryl/α,β-unsaturated/α-hetero) is 1. The summed E-state index contributed by atoms with van der Waals surface area (Å²) in [5, 5.41) is 0. The second-order valence-electron chi connectivity index (χ2n) is 6.53. The Balaban J connectivity index is 1.70. The normalized spacial score (nSPS) is 30.9. The molecule has 2 fully saturated rings. The Morgan fingerprint density at radius 3 is 2.53 bits per heavy atom. The minimum atomic E-state index is 0.212. The first-order valence-corrected chi connectivity index (χ1v) is 7.76. The highest BCUT2D eigenvalue weighted by molar-refractivity contribution is 5.95. The topological polar surface area (TPSA) is 30.2 Å². The van der Waals surface area contributed by atoms with Crippen LogP contribution in [0, 0.1) is 31.6 Å². The molecule has 0 spiro atoms. The molecule has 0 aliphatic heterocycles. The molecular weight excluding hydrogens is 236 g/mol. The number of aryl methyl sites for hydroxylation is 2. The fourth-order valence-corrected chi connectivity index (χ4v) is 4.01. The van der Waals surface area contributed by atoms with Crippen molar-refractivity contribution in [2.75, 3.05) is 0 Å². The lowest BCUT2D eigenvalue weighted by Crippen LogP contribution is -2.31. The van der Waals surface area contributed by atoms with Crippen LogP contribution in [0.1, 0.15) is 66.8 Å². The first-order chi connectivity index (χ1) is 9.15. The molecule has 2 nitrogen and oxygen atoms in total. The summed E-state index contributed by atoms with van der Waals surface area (Å²) >= 11 is 0. The number of fused-ring (bicyclic) bond motifs is 1. The first kappa shape index (κ1) is 13.0. The maximum Gasteiger partial charge on any atom is 0.201 e. The van der Waals surface area contributed by atoms with Crippen LogP contribution in [-0.4, -0.2) is 5.78 Å². The second kappa shape index (κ2) is 5.15. The number of carbonyl (C=O) groups is 1. The quantitative estimate of drug-likeness (QED) is 0.722. The number of hydrogen-bond donors (Lipinski definition) is 0. The zero-order valence-electron chi connectivity index (χ0n) is 12.1. The summed E-state index contributed by atoms with van der Waals surface area (Å²) in [6.07, 6.45) is 8.91. The third-order valence-electron chi connectivity index (χ3n) is 5.32. The zero-order valence-corrected chi connectivity index (χ0v) is 12.1. The molecule has 1 heterocycles. The molecule has 0 bridgehead atoms. The van der Waals surface area contributed by atoms with Gasteiger partial charge in [0.25, 0.3) is 0 Å². The molecule has 104 valence electrons. The first-order valence-electron chi connectivity index (χ1n) is 7.76. The smallest absolute Gasteiger partial charge is 0.201 e. The molecule has 0 aromatic carbocycles. The highest BCUT2D eigenvalue weighted by Crippen LogP contribution is 2.43. The van der Waals surface area contributed by atoms with Gasteiger partial charge in [0.1, 0.15) is 5.76 Å². The Morgan fingerprint density at radius 1 is 1.11 bits per heavy atom. The van der Waals surface area contributed by atoms with Crippen LogP contribution < -0.4 is 0 Å². The molecule has 3 unspecified atom stereocenters. The van der Waals surface area contributed by atoms with E-state index in [4.69, 9.17) is 4.42 Å². The third kappa shape index (κ3) is 2.50. The van der Waals surface area contributed by atoms with E-state index in [1.807, 2.05) is 19.9 Å². The summed E-state index contributed by atoms with van der Waals surface area (Å²) in [4.78, 5) is 12.5. The minimum absolute atomic E-state index is 0.212. The lowest BCUT2D eigenvalue weighted by molar-refractivity contribution is 0.0735. The lowest BCUT2D eigenvalue weighted by Gasteiger charge is -2.38. The van der Waals surface area contributed by atoms with Crippen LogP contribution in [0.15, 0.2) is 10.5 Å². The third-order valence-corrected chi connectivity index (χ3v) is 5.32. The molecule has 3 rings (SSSR count). The number of hydrogen-bond acceptors (Lipinski definition) is 2. The highest BCUT2D eigenvalue weighted by Gasteiger charge is 2.36. The van der Waals surface area contributed by atoms with Crippen LogP contribution in [0.2, 0.25) is 0 Å². The standard InChI is InChI=1S/C17H24O2/c1-11-9-16(19-12(11)2)17(18)15-8-7-13-5-3-4-6-14(13)10-15/h9,13-15H,3-8,10H2,1-2H3. The number of furan rings is 1. The van der Waals surface area contributed by atoms with Crippen LogP contribution in [0.4, 0.5) is 0 Å². The van der Waals surface area contributed by atoms with E-state index < -0.39 is 0 Å². The Hall–Kier alpha value is -1.05. The molecule has 1 aromatic heterocycles. The molecule has 0 amide bonds. The van der Waals surface area contributed by atoms with Gasteiger partial charge in [-0.2, -0.15) is 0 Å². The van der Waals surface area contributed by atoms with Crippen molar-refractivity contribution in [1.29, 1.82) is 0 Å². The predicted molar refractivity (Wildman–Crippen MR) is 75.3 cm³/mol. The van der Waals surface area contributed by atoms with Crippen LogP contribution in [0.3, 0.4) is 0 Å². The van der Waals surface area contributed by atoms with Crippen LogP contribution in [-0.2, 0) is 0 Å². The average Bonchev–Trinajstić information content (AvgIpc) is 2.77. The minimum Gasteiger partial charge on any atom is -0.458 e. The van der Waals surface area contributed by atoms with E-state index in [0.29, 0.717) is 5.76 Å². The number of rotatable bonds is 2. The summed E-state index contributed by atoms with van der Waals surface area (Å²) in [6, 6.07) is 1.92. The molecule has 0 saturated heterocycles. The van der Waals surface area contributed by atoms with Crippen molar-refractivity contribution in [3.8, 4) is 0 Å². The van der Waals surface area contributed by atoms with Gasteiger partial charge in [0.05, 0.1) is 0 Å². The monoisotopic (exact) mass is 260 g/mol. The Labute approximate surface area is 115 Å². The molecule has 19 heavy (non-hydrogen) atoms. The Bertz CT molecular complexity index is 452. The van der Waals surface area contributed by atoms with Gasteiger partial charge >= 0.3 is 0 Å². The lowest BCUT2D eigenvalue weighted by atomic mass is 9.66. The van der Waals surface area contributed by atoms with E-state index in [1.165, 1.54) is 32.1 Å². The molecule has 0 N–H and O–H groups in total. The van der Waals surface area contributed by atoms with Gasteiger partial charge in [0.15, 0.2) is 5.76 Å². The van der Waals surface area contributed by atoms with Crippen LogP contribution in [0.5, 0.6) is 0 Å². The fourth-order valence-electron chi connectivity index (χ4n) is 4.01. The molecule has 3 atom stereocenters.